The Labute approximate surface area is 126 Å². The quantitative estimate of drug-likeness (QED) is 0.581. The highest BCUT2D eigenvalue weighted by Gasteiger charge is 2.17. The fraction of sp³-hybridized carbons (Fsp3) is 0. The largest absolute Gasteiger partial charge is 0.288 e. The molecular weight excluding hydrogens is 346 g/mol. The second-order valence-corrected chi connectivity index (χ2v) is 6.25. The van der Waals surface area contributed by atoms with Crippen molar-refractivity contribution in [1.82, 2.24) is 0 Å². The third kappa shape index (κ3) is 2.39. The minimum atomic E-state index is -0.568. The SMILES string of the molecule is O=C(c1cc2ccc(F)cc2s1)c1cc(Br)ccc1F. The predicted molar refractivity (Wildman–Crippen MR) is 79.3 cm³/mol. The van der Waals surface area contributed by atoms with Crippen molar-refractivity contribution < 1.29 is 13.6 Å². The second-order valence-electron chi connectivity index (χ2n) is 4.25. The maximum absolute atomic E-state index is 13.7. The van der Waals surface area contributed by atoms with Crippen LogP contribution < -0.4 is 0 Å². The Morgan fingerprint density at radius 1 is 1.05 bits per heavy atom. The summed E-state index contributed by atoms with van der Waals surface area (Å²) in [5, 5.41) is 0.773. The number of benzene rings is 2. The first-order valence-electron chi connectivity index (χ1n) is 5.73. The third-order valence-corrected chi connectivity index (χ3v) is 4.47. The van der Waals surface area contributed by atoms with E-state index in [0.29, 0.717) is 14.0 Å². The molecule has 0 aliphatic rings. The molecule has 0 spiro atoms. The molecule has 0 amide bonds. The van der Waals surface area contributed by atoms with Crippen molar-refractivity contribution in [3.8, 4) is 0 Å². The van der Waals surface area contributed by atoms with E-state index >= 15 is 0 Å². The van der Waals surface area contributed by atoms with Gasteiger partial charge in [0.15, 0.2) is 0 Å². The van der Waals surface area contributed by atoms with Crippen molar-refractivity contribution in [3.63, 3.8) is 0 Å². The lowest BCUT2D eigenvalue weighted by atomic mass is 10.1. The standard InChI is InChI=1S/C15H7BrF2OS/c16-9-2-4-12(18)11(6-9)15(19)14-5-8-1-3-10(17)7-13(8)20-14/h1-7H. The molecule has 0 aliphatic heterocycles. The van der Waals surface area contributed by atoms with Crippen LogP contribution in [-0.2, 0) is 0 Å². The summed E-state index contributed by atoms with van der Waals surface area (Å²) in [7, 11) is 0. The predicted octanol–water partition coefficient (Wildman–Crippen LogP) is 5.17. The van der Waals surface area contributed by atoms with E-state index in [4.69, 9.17) is 0 Å². The van der Waals surface area contributed by atoms with E-state index in [1.54, 1.807) is 12.1 Å². The van der Waals surface area contributed by atoms with Crippen LogP contribution in [0, 0.1) is 11.6 Å². The summed E-state index contributed by atoms with van der Waals surface area (Å²) in [6.07, 6.45) is 0. The fourth-order valence-electron chi connectivity index (χ4n) is 1.92. The maximum Gasteiger partial charge on any atom is 0.205 e. The van der Waals surface area contributed by atoms with Gasteiger partial charge in [-0.25, -0.2) is 8.78 Å². The Kier molecular flexibility index (Phi) is 3.40. The molecule has 0 saturated carbocycles. The zero-order chi connectivity index (χ0) is 14.3. The first-order chi connectivity index (χ1) is 9.54. The summed E-state index contributed by atoms with van der Waals surface area (Å²) in [5.41, 5.74) is 0.00593. The number of ketones is 1. The highest BCUT2D eigenvalue weighted by Crippen LogP contribution is 2.29. The molecule has 0 bridgehead atoms. The summed E-state index contributed by atoms with van der Waals surface area (Å²) in [6, 6.07) is 10.2. The molecule has 1 aromatic heterocycles. The molecule has 5 heteroatoms. The first kappa shape index (κ1) is 13.4. The van der Waals surface area contributed by atoms with Crippen molar-refractivity contribution in [1.29, 1.82) is 0 Å². The van der Waals surface area contributed by atoms with Crippen LogP contribution in [-0.4, -0.2) is 5.78 Å². The van der Waals surface area contributed by atoms with E-state index in [0.717, 1.165) is 16.7 Å². The minimum absolute atomic E-state index is 0.00593. The fourth-order valence-corrected chi connectivity index (χ4v) is 3.32. The molecule has 1 nitrogen and oxygen atoms in total. The molecule has 0 atom stereocenters. The van der Waals surface area contributed by atoms with E-state index in [9.17, 15) is 13.6 Å². The zero-order valence-corrected chi connectivity index (χ0v) is 12.4. The topological polar surface area (TPSA) is 17.1 Å². The van der Waals surface area contributed by atoms with Crippen LogP contribution >= 0.6 is 27.3 Å². The lowest BCUT2D eigenvalue weighted by Crippen LogP contribution is -2.01. The Bertz CT molecular complexity index is 826. The van der Waals surface area contributed by atoms with Gasteiger partial charge in [0.2, 0.25) is 5.78 Å². The van der Waals surface area contributed by atoms with Crippen molar-refractivity contribution in [2.45, 2.75) is 0 Å². The minimum Gasteiger partial charge on any atom is -0.288 e. The van der Waals surface area contributed by atoms with Gasteiger partial charge in [-0.3, -0.25) is 4.79 Å². The average molecular weight is 353 g/mol. The summed E-state index contributed by atoms with van der Waals surface area (Å²) < 4.78 is 28.2. The number of carbonyl (C=O) groups excluding carboxylic acids is 1. The molecule has 2 aromatic carbocycles. The third-order valence-electron chi connectivity index (χ3n) is 2.88. The number of hydrogen-bond acceptors (Lipinski definition) is 2. The normalized spacial score (nSPS) is 10.9. The Hall–Kier alpha value is -1.59. The van der Waals surface area contributed by atoms with E-state index in [2.05, 4.69) is 15.9 Å². The molecule has 0 radical (unpaired) electrons. The Morgan fingerprint density at radius 3 is 2.65 bits per heavy atom. The number of rotatable bonds is 2. The van der Waals surface area contributed by atoms with Gasteiger partial charge >= 0.3 is 0 Å². The van der Waals surface area contributed by atoms with Crippen LogP contribution in [0.25, 0.3) is 10.1 Å². The van der Waals surface area contributed by atoms with Crippen LogP contribution in [0.15, 0.2) is 46.9 Å². The van der Waals surface area contributed by atoms with Gasteiger partial charge in [0, 0.05) is 9.17 Å². The molecule has 0 aliphatic carbocycles. The first-order valence-corrected chi connectivity index (χ1v) is 7.34. The van der Waals surface area contributed by atoms with Crippen molar-refractivity contribution in [2.75, 3.05) is 0 Å². The summed E-state index contributed by atoms with van der Waals surface area (Å²) in [6.45, 7) is 0. The van der Waals surface area contributed by atoms with Gasteiger partial charge in [0.25, 0.3) is 0 Å². The molecule has 0 unspecified atom stereocenters. The Morgan fingerprint density at radius 2 is 1.85 bits per heavy atom. The monoisotopic (exact) mass is 352 g/mol. The lowest BCUT2D eigenvalue weighted by molar-refractivity contribution is 0.103. The second kappa shape index (κ2) is 5.07. The van der Waals surface area contributed by atoms with Gasteiger partial charge in [-0.1, -0.05) is 22.0 Å². The van der Waals surface area contributed by atoms with E-state index in [1.165, 1.54) is 30.3 Å². The summed E-state index contributed by atoms with van der Waals surface area (Å²) in [5.74, 6) is -1.32. The smallest absolute Gasteiger partial charge is 0.205 e. The van der Waals surface area contributed by atoms with Gasteiger partial charge in [-0.05, 0) is 41.8 Å². The Balaban J connectivity index is 2.10. The van der Waals surface area contributed by atoms with E-state index in [-0.39, 0.29) is 11.4 Å². The highest BCUT2D eigenvalue weighted by atomic mass is 79.9. The van der Waals surface area contributed by atoms with Crippen LogP contribution in [0.1, 0.15) is 15.2 Å². The van der Waals surface area contributed by atoms with Gasteiger partial charge < -0.3 is 0 Å². The maximum atomic E-state index is 13.7. The summed E-state index contributed by atoms with van der Waals surface area (Å²) in [4.78, 5) is 12.7. The average Bonchev–Trinajstić information content (AvgIpc) is 2.83. The molecule has 3 rings (SSSR count). The molecule has 3 aromatic rings. The molecule has 0 fully saturated rings. The summed E-state index contributed by atoms with van der Waals surface area (Å²) >= 11 is 4.37. The zero-order valence-electron chi connectivity index (χ0n) is 9.99. The molecule has 100 valence electrons. The molecule has 20 heavy (non-hydrogen) atoms. The molecule has 0 N–H and O–H groups in total. The highest BCUT2D eigenvalue weighted by molar-refractivity contribution is 9.10. The number of thiophene rings is 1. The van der Waals surface area contributed by atoms with Crippen LogP contribution in [0.2, 0.25) is 0 Å². The number of halogens is 3. The van der Waals surface area contributed by atoms with Crippen LogP contribution in [0.5, 0.6) is 0 Å². The lowest BCUT2D eigenvalue weighted by Gasteiger charge is -2.00. The van der Waals surface area contributed by atoms with Gasteiger partial charge in [0.1, 0.15) is 11.6 Å². The molecule has 1 heterocycles. The van der Waals surface area contributed by atoms with Gasteiger partial charge in [0.05, 0.1) is 10.4 Å². The van der Waals surface area contributed by atoms with Gasteiger partial charge in [-0.2, -0.15) is 0 Å². The number of fused-ring (bicyclic) bond motifs is 1. The van der Waals surface area contributed by atoms with Gasteiger partial charge in [-0.15, -0.1) is 11.3 Å². The molecule has 0 saturated heterocycles. The van der Waals surface area contributed by atoms with Crippen LogP contribution in [0.3, 0.4) is 0 Å². The number of hydrogen-bond donors (Lipinski definition) is 0. The van der Waals surface area contributed by atoms with Crippen LogP contribution in [0.4, 0.5) is 8.78 Å². The van der Waals surface area contributed by atoms with E-state index < -0.39 is 11.6 Å². The van der Waals surface area contributed by atoms with Crippen molar-refractivity contribution in [2.24, 2.45) is 0 Å². The number of carbonyl (C=O) groups is 1. The van der Waals surface area contributed by atoms with Crippen molar-refractivity contribution >= 4 is 43.1 Å². The van der Waals surface area contributed by atoms with Crippen molar-refractivity contribution in [3.05, 3.63) is 69.0 Å². The molecular formula is C15H7BrF2OS. The van der Waals surface area contributed by atoms with E-state index in [1.807, 2.05) is 0 Å².